The SMILES string of the molecule is CC(C)Cc1ccc[n+](C(C)C)c1. The zero-order chi connectivity index (χ0) is 9.84. The summed E-state index contributed by atoms with van der Waals surface area (Å²) < 4.78 is 2.26. The molecular weight excluding hydrogens is 158 g/mol. The van der Waals surface area contributed by atoms with Crippen LogP contribution in [-0.4, -0.2) is 0 Å². The quantitative estimate of drug-likeness (QED) is 0.627. The van der Waals surface area contributed by atoms with E-state index in [0.717, 1.165) is 5.92 Å². The largest absolute Gasteiger partial charge is 0.203 e. The highest BCUT2D eigenvalue weighted by Gasteiger charge is 2.07. The van der Waals surface area contributed by atoms with Crippen LogP contribution in [0.4, 0.5) is 0 Å². The lowest BCUT2D eigenvalue weighted by Gasteiger charge is -2.05. The van der Waals surface area contributed by atoms with Crippen molar-refractivity contribution in [3.05, 3.63) is 30.1 Å². The van der Waals surface area contributed by atoms with E-state index in [9.17, 15) is 0 Å². The predicted octanol–water partition coefficient (Wildman–Crippen LogP) is 2.75. The Morgan fingerprint density at radius 3 is 2.46 bits per heavy atom. The summed E-state index contributed by atoms with van der Waals surface area (Å²) >= 11 is 0. The molecule has 0 fully saturated rings. The van der Waals surface area contributed by atoms with Crippen molar-refractivity contribution in [2.45, 2.75) is 40.2 Å². The summed E-state index contributed by atoms with van der Waals surface area (Å²) in [5, 5.41) is 0. The number of aromatic nitrogens is 1. The maximum atomic E-state index is 2.26. The fraction of sp³-hybridized carbons (Fsp3) is 0.583. The van der Waals surface area contributed by atoms with E-state index in [2.05, 4.69) is 56.8 Å². The number of pyridine rings is 1. The minimum Gasteiger partial charge on any atom is -0.203 e. The zero-order valence-electron chi connectivity index (χ0n) is 9.12. The first kappa shape index (κ1) is 10.2. The van der Waals surface area contributed by atoms with Crippen molar-refractivity contribution in [2.24, 2.45) is 5.92 Å². The van der Waals surface area contributed by atoms with Gasteiger partial charge in [0, 0.05) is 11.6 Å². The van der Waals surface area contributed by atoms with E-state index in [1.165, 1.54) is 12.0 Å². The highest BCUT2D eigenvalue weighted by molar-refractivity contribution is 5.05. The van der Waals surface area contributed by atoms with E-state index in [1.807, 2.05) is 0 Å². The summed E-state index contributed by atoms with van der Waals surface area (Å²) in [6.07, 6.45) is 5.56. The van der Waals surface area contributed by atoms with Crippen molar-refractivity contribution in [3.8, 4) is 0 Å². The average molecular weight is 178 g/mol. The molecule has 0 aliphatic rings. The average Bonchev–Trinajstić information content (AvgIpc) is 2.03. The maximum absolute atomic E-state index is 2.26. The van der Waals surface area contributed by atoms with Gasteiger partial charge in [-0.1, -0.05) is 13.8 Å². The summed E-state index contributed by atoms with van der Waals surface area (Å²) in [4.78, 5) is 0. The summed E-state index contributed by atoms with van der Waals surface area (Å²) in [5.74, 6) is 0.739. The van der Waals surface area contributed by atoms with Crippen molar-refractivity contribution in [1.29, 1.82) is 0 Å². The van der Waals surface area contributed by atoms with Gasteiger partial charge in [-0.25, -0.2) is 4.57 Å². The van der Waals surface area contributed by atoms with Gasteiger partial charge in [-0.15, -0.1) is 0 Å². The predicted molar refractivity (Wildman–Crippen MR) is 55.6 cm³/mol. The first-order valence-electron chi connectivity index (χ1n) is 5.09. The first-order valence-corrected chi connectivity index (χ1v) is 5.09. The Morgan fingerprint density at radius 1 is 1.23 bits per heavy atom. The molecule has 0 N–H and O–H groups in total. The molecule has 1 nitrogen and oxygen atoms in total. The van der Waals surface area contributed by atoms with Gasteiger partial charge in [-0.3, -0.25) is 0 Å². The first-order chi connectivity index (χ1) is 6.09. The van der Waals surface area contributed by atoms with Crippen LogP contribution in [0.15, 0.2) is 24.5 Å². The fourth-order valence-corrected chi connectivity index (χ4v) is 1.46. The number of hydrogen-bond acceptors (Lipinski definition) is 0. The Hall–Kier alpha value is -0.850. The molecule has 1 rings (SSSR count). The Morgan fingerprint density at radius 2 is 1.92 bits per heavy atom. The molecule has 1 aromatic heterocycles. The standard InChI is InChI=1S/C12H20N/c1-10(2)8-12-6-5-7-13(9-12)11(3)4/h5-7,9-11H,8H2,1-4H3/q+1. The van der Waals surface area contributed by atoms with Gasteiger partial charge in [0.25, 0.3) is 0 Å². The van der Waals surface area contributed by atoms with Crippen molar-refractivity contribution < 1.29 is 4.57 Å². The molecule has 13 heavy (non-hydrogen) atoms. The summed E-state index contributed by atoms with van der Waals surface area (Å²) in [7, 11) is 0. The molecule has 1 aromatic rings. The van der Waals surface area contributed by atoms with E-state index >= 15 is 0 Å². The van der Waals surface area contributed by atoms with E-state index in [4.69, 9.17) is 0 Å². The lowest BCUT2D eigenvalue weighted by atomic mass is 10.0. The molecular formula is C12H20N+. The van der Waals surface area contributed by atoms with E-state index in [-0.39, 0.29) is 0 Å². The molecule has 0 atom stereocenters. The van der Waals surface area contributed by atoms with Gasteiger partial charge in [0.2, 0.25) is 0 Å². The van der Waals surface area contributed by atoms with E-state index in [1.54, 1.807) is 0 Å². The monoisotopic (exact) mass is 178 g/mol. The third-order valence-electron chi connectivity index (χ3n) is 2.12. The molecule has 0 aliphatic heterocycles. The Balaban J connectivity index is 2.79. The molecule has 0 unspecified atom stereocenters. The topological polar surface area (TPSA) is 3.88 Å². The smallest absolute Gasteiger partial charge is 0.172 e. The van der Waals surface area contributed by atoms with Crippen molar-refractivity contribution in [1.82, 2.24) is 0 Å². The number of nitrogens with zero attached hydrogens (tertiary/aromatic N) is 1. The van der Waals surface area contributed by atoms with Crippen molar-refractivity contribution in [2.75, 3.05) is 0 Å². The van der Waals surface area contributed by atoms with Crippen LogP contribution in [0.1, 0.15) is 39.3 Å². The molecule has 1 heterocycles. The van der Waals surface area contributed by atoms with Crippen LogP contribution in [0.25, 0.3) is 0 Å². The van der Waals surface area contributed by atoms with Crippen LogP contribution in [0.5, 0.6) is 0 Å². The Kier molecular flexibility index (Phi) is 3.47. The number of hydrogen-bond donors (Lipinski definition) is 0. The van der Waals surface area contributed by atoms with E-state index in [0.29, 0.717) is 6.04 Å². The molecule has 0 saturated carbocycles. The van der Waals surface area contributed by atoms with Gasteiger partial charge in [0.1, 0.15) is 0 Å². The second-order valence-electron chi connectivity index (χ2n) is 4.35. The minimum atomic E-state index is 0.562. The van der Waals surface area contributed by atoms with Crippen LogP contribution in [-0.2, 0) is 6.42 Å². The van der Waals surface area contributed by atoms with Crippen LogP contribution in [0, 0.1) is 5.92 Å². The lowest BCUT2D eigenvalue weighted by Crippen LogP contribution is -2.35. The van der Waals surface area contributed by atoms with Gasteiger partial charge < -0.3 is 0 Å². The summed E-state index contributed by atoms with van der Waals surface area (Å²) in [6, 6.07) is 4.91. The Labute approximate surface area is 81.4 Å². The molecule has 0 radical (unpaired) electrons. The molecule has 0 aromatic carbocycles. The van der Waals surface area contributed by atoms with Gasteiger partial charge in [0.05, 0.1) is 0 Å². The third kappa shape index (κ3) is 3.17. The van der Waals surface area contributed by atoms with Crippen molar-refractivity contribution >= 4 is 0 Å². The highest BCUT2D eigenvalue weighted by Crippen LogP contribution is 2.05. The third-order valence-corrected chi connectivity index (χ3v) is 2.12. The summed E-state index contributed by atoms with van der Waals surface area (Å²) in [6.45, 7) is 8.93. The second kappa shape index (κ2) is 4.40. The van der Waals surface area contributed by atoms with Crippen LogP contribution >= 0.6 is 0 Å². The number of rotatable bonds is 3. The maximum Gasteiger partial charge on any atom is 0.172 e. The molecule has 0 bridgehead atoms. The van der Waals surface area contributed by atoms with Gasteiger partial charge in [0.15, 0.2) is 18.4 Å². The lowest BCUT2D eigenvalue weighted by molar-refractivity contribution is -0.716. The molecule has 0 aliphatic carbocycles. The van der Waals surface area contributed by atoms with E-state index < -0.39 is 0 Å². The minimum absolute atomic E-state index is 0.562. The van der Waals surface area contributed by atoms with Crippen LogP contribution in [0.2, 0.25) is 0 Å². The highest BCUT2D eigenvalue weighted by atomic mass is 15.0. The second-order valence-corrected chi connectivity index (χ2v) is 4.35. The Bertz CT molecular complexity index is 264. The molecule has 0 amide bonds. The molecule has 1 heteroatoms. The van der Waals surface area contributed by atoms with Crippen molar-refractivity contribution in [3.63, 3.8) is 0 Å². The molecule has 0 spiro atoms. The fourth-order valence-electron chi connectivity index (χ4n) is 1.46. The van der Waals surface area contributed by atoms with Crippen LogP contribution < -0.4 is 4.57 Å². The molecule has 0 saturated heterocycles. The van der Waals surface area contributed by atoms with Crippen LogP contribution in [0.3, 0.4) is 0 Å². The zero-order valence-corrected chi connectivity index (χ0v) is 9.12. The molecule has 72 valence electrons. The summed E-state index contributed by atoms with van der Waals surface area (Å²) in [5.41, 5.74) is 1.44. The normalized spacial score (nSPS) is 11.2. The van der Waals surface area contributed by atoms with Gasteiger partial charge >= 0.3 is 0 Å². The van der Waals surface area contributed by atoms with Gasteiger partial charge in [-0.2, -0.15) is 0 Å². The van der Waals surface area contributed by atoms with Gasteiger partial charge in [-0.05, 0) is 32.3 Å².